The predicted octanol–water partition coefficient (Wildman–Crippen LogP) is 3.65. The van der Waals surface area contributed by atoms with E-state index in [4.69, 9.17) is 9.88 Å². The maximum absolute atomic E-state index is 13.8. The molecule has 0 radical (unpaired) electrons. The monoisotopic (exact) mass is 532 g/mol. The molecule has 0 bridgehead atoms. The van der Waals surface area contributed by atoms with E-state index < -0.39 is 39.4 Å². The number of alkyl halides is 3. The van der Waals surface area contributed by atoms with Crippen LogP contribution in [-0.4, -0.2) is 43.4 Å². The molecule has 0 unspecified atom stereocenters. The van der Waals surface area contributed by atoms with Gasteiger partial charge in [0.25, 0.3) is 5.91 Å². The van der Waals surface area contributed by atoms with Crippen LogP contribution in [0, 0.1) is 0 Å². The lowest BCUT2D eigenvalue weighted by atomic mass is 10.1. The summed E-state index contributed by atoms with van der Waals surface area (Å²) in [6.07, 6.45) is -2.35. The summed E-state index contributed by atoms with van der Waals surface area (Å²) in [5.41, 5.74) is -1.25. The highest BCUT2D eigenvalue weighted by molar-refractivity contribution is 7.89. The molecule has 1 amide bonds. The average Bonchev–Trinajstić information content (AvgIpc) is 3.44. The number of ether oxygens (including phenoxy) is 1. The van der Waals surface area contributed by atoms with Crippen LogP contribution in [0.15, 0.2) is 82.4 Å². The highest BCUT2D eigenvalue weighted by atomic mass is 32.2. The molecule has 0 saturated heterocycles. The number of amides is 1. The standard InChI is InChI=1S/C24H19F3N4O5S/c1-2-36-23(33)15-5-7-17(8-6-15)31-22(32)20(21(29-31)24(25,26)27)14-18-4-3-13-30(18)16-9-11-19(12-10-16)37(28,34)35/h3-14H,2H2,1H3,(H2,28,34,35)/b20-14-. The minimum atomic E-state index is -4.93. The van der Waals surface area contributed by atoms with E-state index in [-0.39, 0.29) is 28.4 Å². The molecule has 4 rings (SSSR count). The largest absolute Gasteiger partial charge is 0.462 e. The maximum atomic E-state index is 13.8. The fraction of sp³-hybridized carbons (Fsp3) is 0.125. The van der Waals surface area contributed by atoms with Gasteiger partial charge < -0.3 is 9.30 Å². The zero-order chi connectivity index (χ0) is 27.0. The molecule has 0 spiro atoms. The molecule has 0 atom stereocenters. The van der Waals surface area contributed by atoms with Crippen molar-refractivity contribution in [1.82, 2.24) is 4.57 Å². The number of anilines is 1. The Morgan fingerprint density at radius 2 is 1.68 bits per heavy atom. The number of carbonyl (C=O) groups excluding carboxylic acids is 2. The molecule has 2 N–H and O–H groups in total. The molecule has 37 heavy (non-hydrogen) atoms. The number of nitrogens with two attached hydrogens (primary N) is 1. The number of primary sulfonamides is 1. The van der Waals surface area contributed by atoms with Gasteiger partial charge in [0.05, 0.1) is 28.3 Å². The molecule has 0 aliphatic carbocycles. The first-order chi connectivity index (χ1) is 17.4. The molecule has 3 aromatic rings. The van der Waals surface area contributed by atoms with E-state index in [2.05, 4.69) is 5.10 Å². The Bertz CT molecular complexity index is 1520. The molecule has 13 heteroatoms. The van der Waals surface area contributed by atoms with Gasteiger partial charge >= 0.3 is 12.1 Å². The summed E-state index contributed by atoms with van der Waals surface area (Å²) in [6, 6.07) is 13.6. The van der Waals surface area contributed by atoms with Gasteiger partial charge in [-0.15, -0.1) is 0 Å². The van der Waals surface area contributed by atoms with Crippen LogP contribution in [0.2, 0.25) is 0 Å². The lowest BCUT2D eigenvalue weighted by Crippen LogP contribution is -2.25. The van der Waals surface area contributed by atoms with Gasteiger partial charge in [-0.05, 0) is 73.7 Å². The highest BCUT2D eigenvalue weighted by Crippen LogP contribution is 2.33. The number of sulfonamides is 1. The summed E-state index contributed by atoms with van der Waals surface area (Å²) in [6.45, 7) is 1.78. The number of hydrazone groups is 1. The van der Waals surface area contributed by atoms with E-state index >= 15 is 0 Å². The van der Waals surface area contributed by atoms with E-state index in [0.717, 1.165) is 6.08 Å². The second-order valence-electron chi connectivity index (χ2n) is 7.73. The number of aromatic nitrogens is 1. The Morgan fingerprint density at radius 3 is 2.24 bits per heavy atom. The second-order valence-corrected chi connectivity index (χ2v) is 9.29. The Morgan fingerprint density at radius 1 is 1.05 bits per heavy atom. The first kappa shape index (κ1) is 25.9. The number of hydrogen-bond donors (Lipinski definition) is 1. The van der Waals surface area contributed by atoms with E-state index in [1.54, 1.807) is 13.0 Å². The van der Waals surface area contributed by atoms with Gasteiger partial charge in [0.1, 0.15) is 0 Å². The Kier molecular flexibility index (Phi) is 6.76. The number of hydrogen-bond acceptors (Lipinski definition) is 6. The zero-order valence-corrected chi connectivity index (χ0v) is 20.0. The second kappa shape index (κ2) is 9.67. The molecule has 1 aromatic heterocycles. The zero-order valence-electron chi connectivity index (χ0n) is 19.1. The summed E-state index contributed by atoms with van der Waals surface area (Å²) < 4.78 is 70.9. The molecule has 0 saturated carbocycles. The molecular formula is C24H19F3N4O5S. The van der Waals surface area contributed by atoms with E-state index in [1.165, 1.54) is 65.4 Å². The number of rotatable bonds is 6. The lowest BCUT2D eigenvalue weighted by molar-refractivity contribution is -0.114. The van der Waals surface area contributed by atoms with E-state index in [0.29, 0.717) is 10.7 Å². The molecular weight excluding hydrogens is 513 g/mol. The number of benzene rings is 2. The number of esters is 1. The molecule has 0 fully saturated rings. The molecule has 2 aromatic carbocycles. The van der Waals surface area contributed by atoms with Crippen LogP contribution in [0.3, 0.4) is 0 Å². The van der Waals surface area contributed by atoms with Crippen molar-refractivity contribution in [2.24, 2.45) is 10.2 Å². The van der Waals surface area contributed by atoms with Gasteiger partial charge in [-0.25, -0.2) is 18.4 Å². The predicted molar refractivity (Wildman–Crippen MR) is 128 cm³/mol. The molecule has 9 nitrogen and oxygen atoms in total. The summed E-state index contributed by atoms with van der Waals surface area (Å²) in [4.78, 5) is 24.8. The number of halogens is 3. The van der Waals surface area contributed by atoms with Crippen molar-refractivity contribution in [2.45, 2.75) is 18.0 Å². The fourth-order valence-corrected chi connectivity index (χ4v) is 4.09. The Balaban J connectivity index is 1.70. The summed E-state index contributed by atoms with van der Waals surface area (Å²) in [5, 5.41) is 9.24. The average molecular weight is 533 g/mol. The Labute approximate surface area is 209 Å². The van der Waals surface area contributed by atoms with Crippen LogP contribution in [0.4, 0.5) is 18.9 Å². The van der Waals surface area contributed by atoms with Gasteiger partial charge in [-0.2, -0.15) is 23.3 Å². The van der Waals surface area contributed by atoms with E-state index in [1.807, 2.05) is 0 Å². The van der Waals surface area contributed by atoms with Crippen LogP contribution < -0.4 is 10.1 Å². The smallest absolute Gasteiger partial charge is 0.435 e. The van der Waals surface area contributed by atoms with Gasteiger partial charge in [0, 0.05) is 17.6 Å². The van der Waals surface area contributed by atoms with Gasteiger partial charge in [0.15, 0.2) is 5.71 Å². The normalized spacial score (nSPS) is 15.3. The summed E-state index contributed by atoms with van der Waals surface area (Å²) in [7, 11) is -3.93. The molecule has 1 aliphatic rings. The van der Waals surface area contributed by atoms with Gasteiger partial charge in [0.2, 0.25) is 10.0 Å². The lowest BCUT2D eigenvalue weighted by Gasteiger charge is -2.12. The van der Waals surface area contributed by atoms with Crippen molar-refractivity contribution in [2.75, 3.05) is 11.6 Å². The van der Waals surface area contributed by atoms with Gasteiger partial charge in [-0.3, -0.25) is 4.79 Å². The topological polar surface area (TPSA) is 124 Å². The number of carbonyl (C=O) groups is 2. The molecule has 192 valence electrons. The van der Waals surface area contributed by atoms with Crippen LogP contribution >= 0.6 is 0 Å². The summed E-state index contributed by atoms with van der Waals surface area (Å²) in [5.74, 6) is -1.63. The third kappa shape index (κ3) is 5.32. The van der Waals surface area contributed by atoms with Crippen molar-refractivity contribution in [3.8, 4) is 5.69 Å². The van der Waals surface area contributed by atoms with Crippen LogP contribution in [0.25, 0.3) is 11.8 Å². The van der Waals surface area contributed by atoms with Crippen molar-refractivity contribution in [3.63, 3.8) is 0 Å². The van der Waals surface area contributed by atoms with Crippen molar-refractivity contribution in [3.05, 3.63) is 83.7 Å². The van der Waals surface area contributed by atoms with Crippen LogP contribution in [0.1, 0.15) is 23.0 Å². The molecule has 2 heterocycles. The van der Waals surface area contributed by atoms with Gasteiger partial charge in [-0.1, -0.05) is 0 Å². The minimum absolute atomic E-state index is 0.0252. The fourth-order valence-electron chi connectivity index (χ4n) is 3.57. The van der Waals surface area contributed by atoms with Crippen LogP contribution in [-0.2, 0) is 19.6 Å². The molecule has 1 aliphatic heterocycles. The van der Waals surface area contributed by atoms with Crippen molar-refractivity contribution < 1.29 is 35.9 Å². The quantitative estimate of drug-likeness (QED) is 0.383. The Hall–Kier alpha value is -4.23. The van der Waals surface area contributed by atoms with Crippen LogP contribution in [0.5, 0.6) is 0 Å². The van der Waals surface area contributed by atoms with Crippen molar-refractivity contribution >= 4 is 39.4 Å². The first-order valence-electron chi connectivity index (χ1n) is 10.7. The third-order valence-corrected chi connectivity index (χ3v) is 6.21. The summed E-state index contributed by atoms with van der Waals surface area (Å²) >= 11 is 0. The minimum Gasteiger partial charge on any atom is -0.462 e. The maximum Gasteiger partial charge on any atom is 0.435 e. The first-order valence-corrected chi connectivity index (χ1v) is 12.2. The third-order valence-electron chi connectivity index (χ3n) is 5.29. The highest BCUT2D eigenvalue weighted by Gasteiger charge is 2.47. The van der Waals surface area contributed by atoms with Crippen molar-refractivity contribution in [1.29, 1.82) is 0 Å². The number of nitrogens with zero attached hydrogens (tertiary/aromatic N) is 3. The SMILES string of the molecule is CCOC(=O)c1ccc(N2N=C(C(F)(F)F)/C(=C/c3cccn3-c3ccc(S(N)(=O)=O)cc3)C2=O)cc1. The van der Waals surface area contributed by atoms with E-state index in [9.17, 15) is 31.2 Å².